The number of hydrogen-bond donors (Lipinski definition) is 2. The van der Waals surface area contributed by atoms with Gasteiger partial charge in [-0.3, -0.25) is 9.59 Å². The third kappa shape index (κ3) is 9.17. The van der Waals surface area contributed by atoms with Crippen molar-refractivity contribution in [3.63, 3.8) is 0 Å². The van der Waals surface area contributed by atoms with Crippen molar-refractivity contribution in [2.45, 2.75) is 84.9 Å². The molecule has 1 atom stereocenters. The van der Waals surface area contributed by atoms with Gasteiger partial charge in [0.15, 0.2) is 0 Å². The van der Waals surface area contributed by atoms with Crippen LogP contribution < -0.4 is 10.6 Å². The maximum Gasteiger partial charge on any atom is 0.408 e. The highest BCUT2D eigenvalue weighted by Gasteiger charge is 2.39. The van der Waals surface area contributed by atoms with Crippen LogP contribution >= 0.6 is 0 Å². The van der Waals surface area contributed by atoms with E-state index in [0.29, 0.717) is 17.7 Å². The fourth-order valence-corrected chi connectivity index (χ4v) is 3.40. The van der Waals surface area contributed by atoms with Crippen LogP contribution in [0.4, 0.5) is 4.79 Å². The fourth-order valence-electron chi connectivity index (χ4n) is 3.40. The van der Waals surface area contributed by atoms with Crippen molar-refractivity contribution in [1.82, 2.24) is 15.5 Å². The van der Waals surface area contributed by atoms with E-state index in [0.717, 1.165) is 19.3 Å². The quantitative estimate of drug-likeness (QED) is 0.430. The van der Waals surface area contributed by atoms with Crippen LogP contribution in [0.3, 0.4) is 0 Å². The SMILES string of the molecule is C#Cc1ccccc1C(C(=O)NCCCCC)N(C(=O)CNC(=O)OC(C)(C)C)C(C)(C)C. The predicted molar refractivity (Wildman–Crippen MR) is 130 cm³/mol. The van der Waals surface area contributed by atoms with E-state index in [2.05, 4.69) is 23.5 Å². The molecule has 1 rings (SSSR count). The number of hydrogen-bond acceptors (Lipinski definition) is 4. The van der Waals surface area contributed by atoms with E-state index in [1.54, 1.807) is 45.0 Å². The fraction of sp³-hybridized carbons (Fsp3) is 0.577. The maximum absolute atomic E-state index is 13.4. The second kappa shape index (κ2) is 12.3. The molecule has 3 amide bonds. The molecule has 0 saturated carbocycles. The minimum absolute atomic E-state index is 0.311. The first-order valence-corrected chi connectivity index (χ1v) is 11.4. The highest BCUT2D eigenvalue weighted by atomic mass is 16.6. The van der Waals surface area contributed by atoms with E-state index >= 15 is 0 Å². The first kappa shape index (κ1) is 28.0. The summed E-state index contributed by atoms with van der Waals surface area (Å²) in [5, 5.41) is 5.46. The molecule has 0 spiro atoms. The number of alkyl carbamates (subject to hydrolysis) is 1. The lowest BCUT2D eigenvalue weighted by Gasteiger charge is -2.41. The Morgan fingerprint density at radius 3 is 2.24 bits per heavy atom. The van der Waals surface area contributed by atoms with Gasteiger partial charge < -0.3 is 20.3 Å². The zero-order valence-electron chi connectivity index (χ0n) is 21.1. The number of benzene rings is 1. The van der Waals surface area contributed by atoms with Crippen LogP contribution in [0.1, 0.15) is 84.9 Å². The molecule has 0 heterocycles. The second-order valence-electron chi connectivity index (χ2n) is 9.92. The zero-order chi connectivity index (χ0) is 25.2. The van der Waals surface area contributed by atoms with E-state index in [9.17, 15) is 14.4 Å². The van der Waals surface area contributed by atoms with E-state index in [-0.39, 0.29) is 12.5 Å². The molecule has 0 aliphatic carbocycles. The molecular weight excluding hydrogens is 418 g/mol. The summed E-state index contributed by atoms with van der Waals surface area (Å²) in [6.07, 6.45) is 7.88. The Morgan fingerprint density at radius 2 is 1.70 bits per heavy atom. The van der Waals surface area contributed by atoms with Gasteiger partial charge in [0, 0.05) is 17.6 Å². The molecule has 7 heteroatoms. The lowest BCUT2D eigenvalue weighted by molar-refractivity contribution is -0.145. The molecule has 0 aliphatic rings. The molecule has 1 aromatic rings. The normalized spacial score (nSPS) is 12.3. The average Bonchev–Trinajstić information content (AvgIpc) is 2.71. The highest BCUT2D eigenvalue weighted by Crippen LogP contribution is 2.31. The van der Waals surface area contributed by atoms with Gasteiger partial charge in [-0.05, 0) is 59.6 Å². The van der Waals surface area contributed by atoms with Crippen molar-refractivity contribution in [2.24, 2.45) is 0 Å². The van der Waals surface area contributed by atoms with Crippen LogP contribution in [0.15, 0.2) is 24.3 Å². The Balaban J connectivity index is 3.29. The number of carbonyl (C=O) groups excluding carboxylic acids is 3. The summed E-state index contributed by atoms with van der Waals surface area (Å²) in [7, 11) is 0. The van der Waals surface area contributed by atoms with Gasteiger partial charge >= 0.3 is 6.09 Å². The molecule has 0 fully saturated rings. The summed E-state index contributed by atoms with van der Waals surface area (Å²) in [5.41, 5.74) is -0.328. The highest BCUT2D eigenvalue weighted by molar-refractivity contribution is 5.91. The molecule has 2 N–H and O–H groups in total. The predicted octanol–water partition coefficient (Wildman–Crippen LogP) is 4.17. The summed E-state index contributed by atoms with van der Waals surface area (Å²) in [6, 6.07) is 6.14. The van der Waals surface area contributed by atoms with Crippen LogP contribution in [0.5, 0.6) is 0 Å². The third-order valence-corrected chi connectivity index (χ3v) is 4.77. The summed E-state index contributed by atoms with van der Waals surface area (Å²) in [5.74, 6) is 1.89. The number of ether oxygens (including phenoxy) is 1. The largest absolute Gasteiger partial charge is 0.444 e. The van der Waals surface area contributed by atoms with Crippen LogP contribution in [-0.2, 0) is 14.3 Å². The summed E-state index contributed by atoms with van der Waals surface area (Å²) < 4.78 is 5.23. The number of carbonyl (C=O) groups is 3. The third-order valence-electron chi connectivity index (χ3n) is 4.77. The van der Waals surface area contributed by atoms with Crippen molar-refractivity contribution in [1.29, 1.82) is 0 Å². The zero-order valence-corrected chi connectivity index (χ0v) is 21.1. The number of nitrogens with one attached hydrogen (secondary N) is 2. The molecule has 182 valence electrons. The summed E-state index contributed by atoms with van der Waals surface area (Å²) >= 11 is 0. The average molecular weight is 458 g/mol. The Morgan fingerprint density at radius 1 is 1.06 bits per heavy atom. The first-order chi connectivity index (χ1) is 15.3. The molecule has 0 aromatic heterocycles. The van der Waals surface area contributed by atoms with Gasteiger partial charge in [0.1, 0.15) is 18.2 Å². The first-order valence-electron chi connectivity index (χ1n) is 11.4. The number of amides is 3. The van der Waals surface area contributed by atoms with Crippen molar-refractivity contribution >= 4 is 17.9 Å². The number of unbranched alkanes of at least 4 members (excludes halogenated alkanes) is 2. The standard InChI is InChI=1S/C26H39N3O4/c1-9-11-14-17-27-23(31)22(20-16-13-12-15-19(20)10-2)29(25(3,4)5)21(30)18-28-24(32)33-26(6,7)8/h2,12-13,15-16,22H,9,11,14,17-18H2,1,3-8H3,(H,27,31)(H,28,32). The maximum atomic E-state index is 13.4. The Kier molecular flexibility index (Phi) is 10.4. The number of rotatable bonds is 9. The van der Waals surface area contributed by atoms with E-state index < -0.39 is 29.2 Å². The van der Waals surface area contributed by atoms with Crippen molar-refractivity contribution in [2.75, 3.05) is 13.1 Å². The van der Waals surface area contributed by atoms with Crippen LogP contribution in [0, 0.1) is 12.3 Å². The number of nitrogens with zero attached hydrogens (tertiary/aromatic N) is 1. The summed E-state index contributed by atoms with van der Waals surface area (Å²) in [4.78, 5) is 40.4. The van der Waals surface area contributed by atoms with Gasteiger partial charge in [-0.25, -0.2) is 4.79 Å². The Labute approximate surface area is 198 Å². The lowest BCUT2D eigenvalue weighted by Crippen LogP contribution is -2.55. The summed E-state index contributed by atoms with van der Waals surface area (Å²) in [6.45, 7) is 13.0. The molecule has 33 heavy (non-hydrogen) atoms. The minimum Gasteiger partial charge on any atom is -0.444 e. The molecule has 0 radical (unpaired) electrons. The Hall–Kier alpha value is -3.01. The molecule has 7 nitrogen and oxygen atoms in total. The van der Waals surface area contributed by atoms with Gasteiger partial charge in [0.2, 0.25) is 11.8 Å². The van der Waals surface area contributed by atoms with Crippen LogP contribution in [-0.4, -0.2) is 47.0 Å². The van der Waals surface area contributed by atoms with Crippen molar-refractivity contribution < 1.29 is 19.1 Å². The smallest absolute Gasteiger partial charge is 0.408 e. The van der Waals surface area contributed by atoms with Gasteiger partial charge in [-0.15, -0.1) is 6.42 Å². The van der Waals surface area contributed by atoms with E-state index in [4.69, 9.17) is 11.2 Å². The van der Waals surface area contributed by atoms with Crippen molar-refractivity contribution in [3.8, 4) is 12.3 Å². The molecule has 0 bridgehead atoms. The molecule has 1 aromatic carbocycles. The van der Waals surface area contributed by atoms with Crippen molar-refractivity contribution in [3.05, 3.63) is 35.4 Å². The van der Waals surface area contributed by atoms with Gasteiger partial charge in [0.25, 0.3) is 0 Å². The molecule has 0 saturated heterocycles. The minimum atomic E-state index is -0.952. The molecule has 1 unspecified atom stereocenters. The van der Waals surface area contributed by atoms with E-state index in [1.807, 2.05) is 20.8 Å². The van der Waals surface area contributed by atoms with Crippen LogP contribution in [0.25, 0.3) is 0 Å². The molecule has 0 aliphatic heterocycles. The second-order valence-corrected chi connectivity index (χ2v) is 9.92. The van der Waals surface area contributed by atoms with Gasteiger partial charge in [-0.2, -0.15) is 0 Å². The number of terminal acetylenes is 1. The topological polar surface area (TPSA) is 87.7 Å². The molecular formula is C26H39N3O4. The monoisotopic (exact) mass is 457 g/mol. The Bertz CT molecular complexity index is 860. The van der Waals surface area contributed by atoms with Gasteiger partial charge in [-0.1, -0.05) is 43.9 Å². The van der Waals surface area contributed by atoms with Crippen LogP contribution in [0.2, 0.25) is 0 Å². The van der Waals surface area contributed by atoms with Gasteiger partial charge in [0.05, 0.1) is 0 Å². The van der Waals surface area contributed by atoms with E-state index in [1.165, 1.54) is 4.90 Å². The lowest BCUT2D eigenvalue weighted by atomic mass is 9.93.